The number of hydrogen-bond acceptors (Lipinski definition) is 3. The zero-order valence-electron chi connectivity index (χ0n) is 6.92. The van der Waals surface area contributed by atoms with Crippen molar-refractivity contribution in [1.82, 2.24) is 4.98 Å². The molecule has 0 saturated heterocycles. The van der Waals surface area contributed by atoms with Crippen LogP contribution in [0.1, 0.15) is 11.6 Å². The van der Waals surface area contributed by atoms with E-state index in [-0.39, 0.29) is 12.0 Å². The van der Waals surface area contributed by atoms with Crippen LogP contribution in [0.2, 0.25) is 0 Å². The third-order valence-electron chi connectivity index (χ3n) is 2.34. The second-order valence-electron chi connectivity index (χ2n) is 3.13. The van der Waals surface area contributed by atoms with Crippen LogP contribution in [0.25, 0.3) is 0 Å². The molecule has 1 aromatic rings. The quantitative estimate of drug-likeness (QED) is 0.594. The lowest BCUT2D eigenvalue weighted by Gasteiger charge is -2.12. The van der Waals surface area contributed by atoms with E-state index in [2.05, 4.69) is 9.98 Å². The number of aromatic nitrogens is 1. The minimum Gasteiger partial charge on any atom is -0.482 e. The summed E-state index contributed by atoms with van der Waals surface area (Å²) in [6.45, 7) is 0. The Kier molecular flexibility index (Phi) is 1.27. The summed E-state index contributed by atoms with van der Waals surface area (Å²) in [5, 5.41) is 0. The van der Waals surface area contributed by atoms with Crippen molar-refractivity contribution in [2.45, 2.75) is 12.0 Å². The molecule has 0 saturated carbocycles. The molecule has 13 heavy (non-hydrogen) atoms. The van der Waals surface area contributed by atoms with Crippen molar-refractivity contribution in [3.05, 3.63) is 36.3 Å². The van der Waals surface area contributed by atoms with Gasteiger partial charge in [0.2, 0.25) is 0 Å². The second kappa shape index (κ2) is 2.42. The number of pyridine rings is 1. The monoisotopic (exact) mass is 172 g/mol. The SMILES string of the molecule is C1=CC2c3ncccc3OC2C=N1. The van der Waals surface area contributed by atoms with E-state index in [1.165, 1.54) is 0 Å². The van der Waals surface area contributed by atoms with Gasteiger partial charge in [0, 0.05) is 18.6 Å². The summed E-state index contributed by atoms with van der Waals surface area (Å²) in [5.41, 5.74) is 1.02. The molecule has 0 aliphatic carbocycles. The minimum absolute atomic E-state index is 0.0508. The van der Waals surface area contributed by atoms with Crippen LogP contribution in [0, 0.1) is 0 Å². The Labute approximate surface area is 75.8 Å². The first-order valence-corrected chi connectivity index (χ1v) is 4.27. The summed E-state index contributed by atoms with van der Waals surface area (Å²) >= 11 is 0. The molecule has 64 valence electrons. The van der Waals surface area contributed by atoms with Gasteiger partial charge in [-0.25, -0.2) is 0 Å². The highest BCUT2D eigenvalue weighted by Gasteiger charge is 2.33. The van der Waals surface area contributed by atoms with Gasteiger partial charge in [-0.05, 0) is 12.1 Å². The molecule has 2 aliphatic heterocycles. The fraction of sp³-hybridized carbons (Fsp3) is 0.200. The van der Waals surface area contributed by atoms with Crippen LogP contribution in [0.5, 0.6) is 5.75 Å². The number of hydrogen-bond donors (Lipinski definition) is 0. The highest BCUT2D eigenvalue weighted by Crippen LogP contribution is 2.37. The number of fused-ring (bicyclic) bond motifs is 3. The van der Waals surface area contributed by atoms with Crippen LogP contribution in [0.4, 0.5) is 0 Å². The summed E-state index contributed by atoms with van der Waals surface area (Å²) < 4.78 is 5.65. The van der Waals surface area contributed by atoms with Crippen molar-refractivity contribution in [1.29, 1.82) is 0 Å². The van der Waals surface area contributed by atoms with Crippen LogP contribution in [-0.2, 0) is 0 Å². The molecule has 1 aromatic heterocycles. The van der Waals surface area contributed by atoms with Crippen LogP contribution in [0.15, 0.2) is 35.6 Å². The van der Waals surface area contributed by atoms with Gasteiger partial charge >= 0.3 is 0 Å². The van der Waals surface area contributed by atoms with E-state index in [0.717, 1.165) is 11.4 Å². The molecule has 0 spiro atoms. The molecule has 0 aromatic carbocycles. The number of nitrogens with zero attached hydrogens (tertiary/aromatic N) is 2. The van der Waals surface area contributed by atoms with Gasteiger partial charge in [0.15, 0.2) is 0 Å². The Morgan fingerprint density at radius 2 is 2.38 bits per heavy atom. The van der Waals surface area contributed by atoms with Crippen LogP contribution in [0.3, 0.4) is 0 Å². The molecule has 3 heteroatoms. The standard InChI is InChI=1S/C10H8N2O/c1-2-8-10(12-4-1)7-3-5-11-6-9(7)13-8/h1-7,9H. The van der Waals surface area contributed by atoms with Gasteiger partial charge < -0.3 is 4.74 Å². The van der Waals surface area contributed by atoms with Gasteiger partial charge in [0.05, 0.1) is 11.6 Å². The molecule has 2 unspecified atom stereocenters. The predicted molar refractivity (Wildman–Crippen MR) is 49.0 cm³/mol. The first kappa shape index (κ1) is 6.83. The molecule has 2 atom stereocenters. The maximum Gasteiger partial charge on any atom is 0.146 e. The van der Waals surface area contributed by atoms with E-state index in [0.29, 0.717) is 0 Å². The van der Waals surface area contributed by atoms with Crippen molar-refractivity contribution in [2.24, 2.45) is 4.99 Å². The van der Waals surface area contributed by atoms with Gasteiger partial charge in [-0.15, -0.1) is 0 Å². The average Bonchev–Trinajstić information content (AvgIpc) is 2.56. The van der Waals surface area contributed by atoms with Crippen LogP contribution in [-0.4, -0.2) is 17.3 Å². The molecule has 0 amide bonds. The molecule has 0 fully saturated rings. The van der Waals surface area contributed by atoms with Crippen LogP contribution < -0.4 is 4.74 Å². The smallest absolute Gasteiger partial charge is 0.146 e. The molecular formula is C10H8N2O. The molecule has 3 rings (SSSR count). The van der Waals surface area contributed by atoms with Crippen molar-refractivity contribution in [3.8, 4) is 5.75 Å². The minimum atomic E-state index is 0.0508. The predicted octanol–water partition coefficient (Wildman–Crippen LogP) is 1.52. The lowest BCUT2D eigenvalue weighted by Crippen LogP contribution is -2.20. The summed E-state index contributed by atoms with van der Waals surface area (Å²) in [4.78, 5) is 8.35. The van der Waals surface area contributed by atoms with Crippen molar-refractivity contribution < 1.29 is 4.74 Å². The molecule has 3 heterocycles. The Balaban J connectivity index is 2.12. The van der Waals surface area contributed by atoms with E-state index in [1.54, 1.807) is 12.4 Å². The fourth-order valence-electron chi connectivity index (χ4n) is 1.73. The van der Waals surface area contributed by atoms with E-state index < -0.39 is 0 Å². The molecular weight excluding hydrogens is 164 g/mol. The normalized spacial score (nSPS) is 28.0. The topological polar surface area (TPSA) is 34.5 Å². The first-order chi connectivity index (χ1) is 6.45. The maximum atomic E-state index is 5.65. The Bertz CT molecular complexity index is 398. The molecule has 0 bridgehead atoms. The fourth-order valence-corrected chi connectivity index (χ4v) is 1.73. The Morgan fingerprint density at radius 3 is 3.38 bits per heavy atom. The number of ether oxygens (including phenoxy) is 1. The zero-order chi connectivity index (χ0) is 8.67. The second-order valence-corrected chi connectivity index (χ2v) is 3.13. The van der Waals surface area contributed by atoms with E-state index in [1.807, 2.05) is 24.4 Å². The van der Waals surface area contributed by atoms with Crippen molar-refractivity contribution in [2.75, 3.05) is 0 Å². The lowest BCUT2D eigenvalue weighted by atomic mass is 9.99. The van der Waals surface area contributed by atoms with Gasteiger partial charge in [-0.2, -0.15) is 0 Å². The lowest BCUT2D eigenvalue weighted by molar-refractivity contribution is 0.292. The van der Waals surface area contributed by atoms with Crippen molar-refractivity contribution in [3.63, 3.8) is 0 Å². The highest BCUT2D eigenvalue weighted by molar-refractivity contribution is 5.70. The molecule has 0 N–H and O–H groups in total. The van der Waals surface area contributed by atoms with Gasteiger partial charge in [0.25, 0.3) is 0 Å². The number of aliphatic imine (C=N–C) groups is 1. The molecule has 3 nitrogen and oxygen atoms in total. The summed E-state index contributed by atoms with van der Waals surface area (Å²) in [6, 6.07) is 3.83. The largest absolute Gasteiger partial charge is 0.482 e. The summed E-state index contributed by atoms with van der Waals surface area (Å²) in [6.07, 6.45) is 7.50. The molecule has 0 radical (unpaired) electrons. The Morgan fingerprint density at radius 1 is 1.38 bits per heavy atom. The first-order valence-electron chi connectivity index (χ1n) is 4.27. The summed E-state index contributed by atoms with van der Waals surface area (Å²) in [5.74, 6) is 1.14. The third-order valence-corrected chi connectivity index (χ3v) is 2.34. The average molecular weight is 172 g/mol. The van der Waals surface area contributed by atoms with E-state index >= 15 is 0 Å². The van der Waals surface area contributed by atoms with Gasteiger partial charge in [-0.3, -0.25) is 9.98 Å². The zero-order valence-corrected chi connectivity index (χ0v) is 6.92. The summed E-state index contributed by atoms with van der Waals surface area (Å²) in [7, 11) is 0. The number of rotatable bonds is 0. The van der Waals surface area contributed by atoms with Gasteiger partial charge in [0.1, 0.15) is 11.9 Å². The highest BCUT2D eigenvalue weighted by atomic mass is 16.5. The van der Waals surface area contributed by atoms with Crippen LogP contribution >= 0.6 is 0 Å². The van der Waals surface area contributed by atoms with Crippen molar-refractivity contribution >= 4 is 6.21 Å². The Hall–Kier alpha value is -1.64. The third kappa shape index (κ3) is 0.900. The van der Waals surface area contributed by atoms with E-state index in [4.69, 9.17) is 4.74 Å². The molecule has 2 aliphatic rings. The van der Waals surface area contributed by atoms with E-state index in [9.17, 15) is 0 Å². The van der Waals surface area contributed by atoms with Gasteiger partial charge in [-0.1, -0.05) is 6.08 Å². The maximum absolute atomic E-state index is 5.65.